The van der Waals surface area contributed by atoms with E-state index in [1.807, 2.05) is 6.07 Å². The second-order valence-corrected chi connectivity index (χ2v) is 10.4. The zero-order valence-electron chi connectivity index (χ0n) is 18.9. The van der Waals surface area contributed by atoms with Crippen molar-refractivity contribution in [3.05, 3.63) is 76.9 Å². The van der Waals surface area contributed by atoms with Crippen molar-refractivity contribution in [2.45, 2.75) is 63.3 Å². The van der Waals surface area contributed by atoms with Gasteiger partial charge in [0.05, 0.1) is 6.04 Å². The topological polar surface area (TPSA) is 41.1 Å². The summed E-state index contributed by atoms with van der Waals surface area (Å²) in [4.78, 5) is 13.0. The van der Waals surface area contributed by atoms with E-state index in [4.69, 9.17) is 0 Å². The monoisotopic (exact) mass is 426 g/mol. The van der Waals surface area contributed by atoms with E-state index in [-0.39, 0.29) is 5.91 Å². The highest BCUT2D eigenvalue weighted by Gasteiger charge is 2.53. The zero-order valence-corrected chi connectivity index (χ0v) is 18.9. The molecular weight excluding hydrogens is 392 g/mol. The number of carbonyl (C=O) groups excluding carboxylic acids is 1. The van der Waals surface area contributed by atoms with E-state index in [2.05, 4.69) is 59.2 Å². The van der Waals surface area contributed by atoms with Crippen LogP contribution in [-0.4, -0.2) is 12.5 Å². The first-order chi connectivity index (χ1) is 15.8. The van der Waals surface area contributed by atoms with Gasteiger partial charge in [-0.1, -0.05) is 42.0 Å². The molecule has 3 nitrogen and oxygen atoms in total. The number of amides is 1. The lowest BCUT2D eigenvalue weighted by Gasteiger charge is -2.43. The fourth-order valence-electron chi connectivity index (χ4n) is 7.19. The molecule has 2 fully saturated rings. The molecule has 166 valence electrons. The summed E-state index contributed by atoms with van der Waals surface area (Å²) >= 11 is 0. The first-order valence-electron chi connectivity index (χ1n) is 12.7. The van der Waals surface area contributed by atoms with Gasteiger partial charge >= 0.3 is 0 Å². The summed E-state index contributed by atoms with van der Waals surface area (Å²) in [6.07, 6.45) is 12.4. The van der Waals surface area contributed by atoms with E-state index < -0.39 is 0 Å². The van der Waals surface area contributed by atoms with E-state index >= 15 is 0 Å². The molecule has 6 rings (SSSR count). The Bertz CT molecular complexity index is 1030. The molecule has 3 heteroatoms. The minimum absolute atomic E-state index is 0.0779. The molecule has 32 heavy (non-hydrogen) atoms. The van der Waals surface area contributed by atoms with Crippen LogP contribution in [0.25, 0.3) is 0 Å². The van der Waals surface area contributed by atoms with Crippen molar-refractivity contribution < 1.29 is 4.79 Å². The van der Waals surface area contributed by atoms with E-state index in [1.54, 1.807) is 0 Å². The van der Waals surface area contributed by atoms with Crippen LogP contribution in [0.5, 0.6) is 0 Å². The largest absolute Gasteiger partial charge is 0.378 e. The van der Waals surface area contributed by atoms with Crippen LogP contribution in [0.2, 0.25) is 0 Å². The van der Waals surface area contributed by atoms with Gasteiger partial charge in [-0.15, -0.1) is 0 Å². The maximum absolute atomic E-state index is 13.0. The number of carbonyl (C=O) groups is 1. The number of hydrogen-bond acceptors (Lipinski definition) is 2. The fourth-order valence-corrected chi connectivity index (χ4v) is 7.19. The van der Waals surface area contributed by atoms with Crippen molar-refractivity contribution >= 4 is 11.6 Å². The van der Waals surface area contributed by atoms with Crippen molar-refractivity contribution in [1.29, 1.82) is 0 Å². The third kappa shape index (κ3) is 3.56. The second kappa shape index (κ2) is 8.42. The molecule has 4 aliphatic rings. The van der Waals surface area contributed by atoms with Crippen molar-refractivity contribution in [1.82, 2.24) is 5.32 Å². The average Bonchev–Trinajstić information content (AvgIpc) is 3.47. The molecule has 2 aromatic rings. The normalized spacial score (nSPS) is 30.1. The van der Waals surface area contributed by atoms with Gasteiger partial charge in [-0.25, -0.2) is 0 Å². The van der Waals surface area contributed by atoms with Crippen molar-refractivity contribution in [2.24, 2.45) is 17.8 Å². The number of fused-ring (bicyclic) bond motifs is 7. The summed E-state index contributed by atoms with van der Waals surface area (Å²) in [7, 11) is 0. The Kier molecular flexibility index (Phi) is 5.29. The number of allylic oxidation sites excluding steroid dienone is 1. The van der Waals surface area contributed by atoms with E-state index in [9.17, 15) is 4.79 Å². The minimum atomic E-state index is 0.0779. The molecule has 1 amide bonds. The third-order valence-electron chi connectivity index (χ3n) is 8.62. The minimum Gasteiger partial charge on any atom is -0.378 e. The maximum atomic E-state index is 13.0. The summed E-state index contributed by atoms with van der Waals surface area (Å²) in [5, 5.41) is 7.06. The van der Waals surface area contributed by atoms with Crippen LogP contribution < -0.4 is 10.6 Å². The van der Waals surface area contributed by atoms with Gasteiger partial charge in [0, 0.05) is 17.8 Å². The van der Waals surface area contributed by atoms with Crippen LogP contribution in [0.15, 0.2) is 60.2 Å². The fraction of sp³-hybridized carbons (Fsp3) is 0.483. The molecule has 0 spiro atoms. The van der Waals surface area contributed by atoms with E-state index in [0.29, 0.717) is 17.9 Å². The highest BCUT2D eigenvalue weighted by Crippen LogP contribution is 2.63. The third-order valence-corrected chi connectivity index (χ3v) is 8.62. The Hall–Kier alpha value is -2.55. The molecule has 2 saturated carbocycles. The van der Waals surface area contributed by atoms with Crippen LogP contribution in [0.1, 0.15) is 84.8 Å². The first-order valence-corrected chi connectivity index (χ1v) is 12.7. The lowest BCUT2D eigenvalue weighted by atomic mass is 9.68. The number of rotatable bonds is 5. The number of nitrogens with one attached hydrogen (secondary N) is 2. The Morgan fingerprint density at radius 2 is 1.91 bits per heavy atom. The molecule has 0 unspecified atom stereocenters. The van der Waals surface area contributed by atoms with Gasteiger partial charge in [0.15, 0.2) is 0 Å². The van der Waals surface area contributed by atoms with Gasteiger partial charge in [0.1, 0.15) is 0 Å². The summed E-state index contributed by atoms with van der Waals surface area (Å²) < 4.78 is 0. The van der Waals surface area contributed by atoms with Crippen LogP contribution >= 0.6 is 0 Å². The Morgan fingerprint density at radius 3 is 2.75 bits per heavy atom. The Morgan fingerprint density at radius 1 is 1.03 bits per heavy atom. The van der Waals surface area contributed by atoms with E-state index in [0.717, 1.165) is 30.4 Å². The van der Waals surface area contributed by atoms with Crippen LogP contribution in [0.4, 0.5) is 5.69 Å². The van der Waals surface area contributed by atoms with Gasteiger partial charge in [-0.3, -0.25) is 4.79 Å². The Balaban J connectivity index is 1.23. The van der Waals surface area contributed by atoms with Crippen LogP contribution in [-0.2, 0) is 0 Å². The van der Waals surface area contributed by atoms with Crippen molar-refractivity contribution in [3.63, 3.8) is 0 Å². The number of hydrogen-bond donors (Lipinski definition) is 2. The standard InChI is InChI=1S/C29H34N2O/c32-29(30-16-15-19-7-3-1-4-8-19)23-13-14-25-24(18-23)26-21-11-12-22(17-21)27(26)28(31-25)20-9-5-2-6-10-20/h2,5-7,9-10,13-14,18,21-22,26-28,31H,1,3-4,8,11-12,15-17H2,(H,30,32)/t21-,22-,26-,27-,28-/m0/s1. The van der Waals surface area contributed by atoms with Crippen LogP contribution in [0.3, 0.4) is 0 Å². The zero-order chi connectivity index (χ0) is 21.5. The summed E-state index contributed by atoms with van der Waals surface area (Å²) in [6, 6.07) is 17.7. The Labute approximate surface area is 191 Å². The number of anilines is 1. The highest BCUT2D eigenvalue weighted by atomic mass is 16.1. The van der Waals surface area contributed by atoms with Gasteiger partial charge < -0.3 is 10.6 Å². The highest BCUT2D eigenvalue weighted by molar-refractivity contribution is 5.95. The average molecular weight is 427 g/mol. The van der Waals surface area contributed by atoms with Crippen LogP contribution in [0, 0.1) is 17.8 Å². The molecule has 0 radical (unpaired) electrons. The molecule has 0 saturated heterocycles. The predicted molar refractivity (Wildman–Crippen MR) is 130 cm³/mol. The lowest BCUT2D eigenvalue weighted by Crippen LogP contribution is -2.35. The molecule has 2 bridgehead atoms. The molecule has 1 aliphatic heterocycles. The summed E-state index contributed by atoms with van der Waals surface area (Å²) in [5.74, 6) is 2.87. The van der Waals surface area contributed by atoms with Gasteiger partial charge in [-0.05, 0) is 104 Å². The van der Waals surface area contributed by atoms with E-state index in [1.165, 1.54) is 67.3 Å². The predicted octanol–water partition coefficient (Wildman–Crippen LogP) is 6.60. The van der Waals surface area contributed by atoms with Gasteiger partial charge in [0.25, 0.3) is 5.91 Å². The van der Waals surface area contributed by atoms with Crippen molar-refractivity contribution in [3.8, 4) is 0 Å². The summed E-state index contributed by atoms with van der Waals surface area (Å²) in [5.41, 5.74) is 6.36. The molecule has 3 aliphatic carbocycles. The second-order valence-electron chi connectivity index (χ2n) is 10.4. The quantitative estimate of drug-likeness (QED) is 0.529. The SMILES string of the molecule is O=C(NCCC1=CCCCC1)c1ccc2c(c1)[C@@H]1[C@H]3CC[C@@H](C3)[C@@H]1[C@H](c1ccccc1)N2. The number of benzene rings is 2. The molecule has 2 N–H and O–H groups in total. The summed E-state index contributed by atoms with van der Waals surface area (Å²) in [6.45, 7) is 0.743. The van der Waals surface area contributed by atoms with Crippen molar-refractivity contribution in [2.75, 3.05) is 11.9 Å². The molecule has 1 heterocycles. The molecule has 5 atom stereocenters. The maximum Gasteiger partial charge on any atom is 0.251 e. The molecular formula is C29H34N2O. The molecule has 0 aromatic heterocycles. The smallest absolute Gasteiger partial charge is 0.251 e. The first kappa shape index (κ1) is 20.1. The molecule has 2 aromatic carbocycles. The lowest BCUT2D eigenvalue weighted by molar-refractivity contribution is 0.0953. The van der Waals surface area contributed by atoms with Gasteiger partial charge in [0.2, 0.25) is 0 Å². The van der Waals surface area contributed by atoms with Gasteiger partial charge in [-0.2, -0.15) is 0 Å².